The molecule has 0 radical (unpaired) electrons. The fraction of sp³-hybridized carbons (Fsp3) is 0. The number of aldehydes is 1. The van der Waals surface area contributed by atoms with Crippen LogP contribution in [-0.4, -0.2) is 6.29 Å². The Hall–Kier alpha value is -1.17. The lowest BCUT2D eigenvalue weighted by molar-refractivity contribution is 0.110. The van der Waals surface area contributed by atoms with Crippen molar-refractivity contribution in [3.05, 3.63) is 45.5 Å². The Balaban J connectivity index is 2.44. The summed E-state index contributed by atoms with van der Waals surface area (Å²) in [6.07, 6.45) is 0.637. The predicted molar refractivity (Wildman–Crippen MR) is 62.2 cm³/mol. The van der Waals surface area contributed by atoms with E-state index in [1.54, 1.807) is 24.3 Å². The number of furan rings is 1. The second-order valence-corrected chi connectivity index (χ2v) is 4.11. The molecule has 0 N–H and O–H groups in total. The van der Waals surface area contributed by atoms with Crippen molar-refractivity contribution in [1.29, 1.82) is 0 Å². The zero-order valence-electron chi connectivity index (χ0n) is 7.54. The highest BCUT2D eigenvalue weighted by atomic mass is 127. The van der Waals surface area contributed by atoms with Gasteiger partial charge in [0.25, 0.3) is 0 Å². The van der Waals surface area contributed by atoms with E-state index in [1.165, 1.54) is 6.07 Å². The molecule has 2 aromatic rings. The molecule has 15 heavy (non-hydrogen) atoms. The second kappa shape index (κ2) is 4.14. The maximum Gasteiger partial charge on any atom is 0.185 e. The Morgan fingerprint density at radius 2 is 2.07 bits per heavy atom. The first-order valence-corrected chi connectivity index (χ1v) is 5.29. The number of rotatable bonds is 2. The molecule has 0 fully saturated rings. The topological polar surface area (TPSA) is 30.2 Å². The summed E-state index contributed by atoms with van der Waals surface area (Å²) in [5, 5.41) is 0. The van der Waals surface area contributed by atoms with E-state index in [0.717, 1.165) is 5.56 Å². The molecule has 2 nitrogen and oxygen atoms in total. The summed E-state index contributed by atoms with van der Waals surface area (Å²) in [6.45, 7) is 0. The summed E-state index contributed by atoms with van der Waals surface area (Å²) < 4.78 is 18.7. The standard InChI is InChI=1S/C11H6FIO2/c12-9-3-1-7(5-10(9)13)11-4-2-8(6-14)15-11/h1-6H. The van der Waals surface area contributed by atoms with Crippen LogP contribution in [0.5, 0.6) is 0 Å². The van der Waals surface area contributed by atoms with Crippen molar-refractivity contribution in [1.82, 2.24) is 0 Å². The van der Waals surface area contributed by atoms with Crippen LogP contribution in [0, 0.1) is 9.39 Å². The lowest BCUT2D eigenvalue weighted by Crippen LogP contribution is -1.82. The molecule has 0 saturated carbocycles. The van der Waals surface area contributed by atoms with Gasteiger partial charge in [0.2, 0.25) is 0 Å². The SMILES string of the molecule is O=Cc1ccc(-c2ccc(F)c(I)c2)o1. The molecule has 0 aliphatic carbocycles. The minimum Gasteiger partial charge on any atom is -0.453 e. The van der Waals surface area contributed by atoms with E-state index in [1.807, 2.05) is 22.6 Å². The quantitative estimate of drug-likeness (QED) is 0.627. The molecule has 0 spiro atoms. The van der Waals surface area contributed by atoms with Crippen molar-refractivity contribution in [2.24, 2.45) is 0 Å². The van der Waals surface area contributed by atoms with Gasteiger partial charge in [-0.1, -0.05) is 0 Å². The van der Waals surface area contributed by atoms with Gasteiger partial charge in [-0.25, -0.2) is 4.39 Å². The Bertz CT molecular complexity index is 505. The van der Waals surface area contributed by atoms with Gasteiger partial charge in [0, 0.05) is 9.13 Å². The number of carbonyl (C=O) groups is 1. The highest BCUT2D eigenvalue weighted by Crippen LogP contribution is 2.24. The highest BCUT2D eigenvalue weighted by Gasteiger charge is 2.06. The number of hydrogen-bond acceptors (Lipinski definition) is 2. The van der Waals surface area contributed by atoms with Crippen LogP contribution in [0.3, 0.4) is 0 Å². The van der Waals surface area contributed by atoms with Crippen LogP contribution < -0.4 is 0 Å². The first-order chi connectivity index (χ1) is 7.20. The summed E-state index contributed by atoms with van der Waals surface area (Å²) in [5.41, 5.74) is 0.758. The average molecular weight is 316 g/mol. The van der Waals surface area contributed by atoms with Crippen LogP contribution in [0.4, 0.5) is 4.39 Å². The Morgan fingerprint density at radius 3 is 2.67 bits per heavy atom. The second-order valence-electron chi connectivity index (χ2n) is 2.95. The molecule has 1 aromatic carbocycles. The largest absolute Gasteiger partial charge is 0.453 e. The van der Waals surface area contributed by atoms with Crippen LogP contribution in [0.2, 0.25) is 0 Å². The van der Waals surface area contributed by atoms with Crippen LogP contribution in [-0.2, 0) is 0 Å². The number of carbonyl (C=O) groups excluding carboxylic acids is 1. The molecule has 0 atom stereocenters. The molecular formula is C11H6FIO2. The normalized spacial score (nSPS) is 10.3. The predicted octanol–water partition coefficient (Wildman–Crippen LogP) is 3.50. The molecule has 1 aromatic heterocycles. The lowest BCUT2D eigenvalue weighted by Gasteiger charge is -1.98. The third kappa shape index (κ3) is 2.09. The number of halogens is 2. The van der Waals surface area contributed by atoms with E-state index in [9.17, 15) is 9.18 Å². The molecule has 1 heterocycles. The smallest absolute Gasteiger partial charge is 0.185 e. The molecular weight excluding hydrogens is 310 g/mol. The van der Waals surface area contributed by atoms with Gasteiger partial charge in [0.15, 0.2) is 12.0 Å². The van der Waals surface area contributed by atoms with Crippen molar-refractivity contribution in [3.8, 4) is 11.3 Å². The lowest BCUT2D eigenvalue weighted by atomic mass is 10.2. The molecule has 76 valence electrons. The monoisotopic (exact) mass is 316 g/mol. The third-order valence-electron chi connectivity index (χ3n) is 1.95. The fourth-order valence-corrected chi connectivity index (χ4v) is 1.74. The van der Waals surface area contributed by atoms with Gasteiger partial charge >= 0.3 is 0 Å². The molecule has 0 aliphatic rings. The zero-order chi connectivity index (χ0) is 10.8. The van der Waals surface area contributed by atoms with E-state index in [2.05, 4.69) is 0 Å². The summed E-state index contributed by atoms with van der Waals surface area (Å²) in [6, 6.07) is 7.93. The van der Waals surface area contributed by atoms with E-state index < -0.39 is 0 Å². The third-order valence-corrected chi connectivity index (χ3v) is 2.77. The van der Waals surface area contributed by atoms with Crippen molar-refractivity contribution in [3.63, 3.8) is 0 Å². The van der Waals surface area contributed by atoms with Gasteiger partial charge < -0.3 is 4.42 Å². The molecule has 0 saturated heterocycles. The number of benzene rings is 1. The van der Waals surface area contributed by atoms with Gasteiger partial charge in [0.1, 0.15) is 11.6 Å². The van der Waals surface area contributed by atoms with Gasteiger partial charge in [-0.2, -0.15) is 0 Å². The van der Waals surface area contributed by atoms with Crippen LogP contribution in [0.25, 0.3) is 11.3 Å². The Morgan fingerprint density at radius 1 is 1.27 bits per heavy atom. The molecule has 0 unspecified atom stereocenters. The van der Waals surface area contributed by atoms with Crippen molar-refractivity contribution in [2.45, 2.75) is 0 Å². The van der Waals surface area contributed by atoms with Gasteiger partial charge in [0.05, 0.1) is 0 Å². The van der Waals surface area contributed by atoms with Crippen LogP contribution in [0.1, 0.15) is 10.6 Å². The zero-order valence-corrected chi connectivity index (χ0v) is 9.69. The van der Waals surface area contributed by atoms with E-state index in [4.69, 9.17) is 4.42 Å². The number of hydrogen-bond donors (Lipinski definition) is 0. The average Bonchev–Trinajstić information content (AvgIpc) is 2.70. The Labute approximate surface area is 99.2 Å². The molecule has 0 aliphatic heterocycles. The molecule has 2 rings (SSSR count). The fourth-order valence-electron chi connectivity index (χ4n) is 1.22. The van der Waals surface area contributed by atoms with E-state index >= 15 is 0 Å². The van der Waals surface area contributed by atoms with Gasteiger partial charge in [-0.15, -0.1) is 0 Å². The highest BCUT2D eigenvalue weighted by molar-refractivity contribution is 14.1. The summed E-state index contributed by atoms with van der Waals surface area (Å²) in [4.78, 5) is 10.4. The molecule has 0 bridgehead atoms. The van der Waals surface area contributed by atoms with Crippen molar-refractivity contribution < 1.29 is 13.6 Å². The minimum atomic E-state index is -0.262. The van der Waals surface area contributed by atoms with E-state index in [0.29, 0.717) is 15.6 Å². The summed E-state index contributed by atoms with van der Waals surface area (Å²) in [5.74, 6) is 0.570. The van der Waals surface area contributed by atoms with Crippen molar-refractivity contribution >= 4 is 28.9 Å². The van der Waals surface area contributed by atoms with Gasteiger partial charge in [-0.05, 0) is 52.9 Å². The minimum absolute atomic E-state index is 0.262. The van der Waals surface area contributed by atoms with E-state index in [-0.39, 0.29) is 11.6 Å². The maximum absolute atomic E-state index is 13.0. The van der Waals surface area contributed by atoms with Crippen LogP contribution in [0.15, 0.2) is 34.7 Å². The van der Waals surface area contributed by atoms with Crippen LogP contribution >= 0.6 is 22.6 Å². The first kappa shape index (κ1) is 10.4. The molecule has 4 heteroatoms. The van der Waals surface area contributed by atoms with Gasteiger partial charge in [-0.3, -0.25) is 4.79 Å². The molecule has 0 amide bonds. The summed E-state index contributed by atoms with van der Waals surface area (Å²) >= 11 is 1.91. The maximum atomic E-state index is 13.0. The Kier molecular flexibility index (Phi) is 2.86. The van der Waals surface area contributed by atoms with Crippen molar-refractivity contribution in [2.75, 3.05) is 0 Å². The first-order valence-electron chi connectivity index (χ1n) is 4.21. The summed E-state index contributed by atoms with van der Waals surface area (Å²) in [7, 11) is 0.